The van der Waals surface area contributed by atoms with Crippen molar-refractivity contribution in [2.75, 3.05) is 11.9 Å². The van der Waals surface area contributed by atoms with Crippen molar-refractivity contribution < 1.29 is 19.4 Å². The fourth-order valence-corrected chi connectivity index (χ4v) is 4.01. The first-order chi connectivity index (χ1) is 14.6. The molecule has 2 aromatic carbocycles. The number of benzene rings is 2. The molecular weight excluding hydrogens is 382 g/mol. The molecule has 0 unspecified atom stereocenters. The Morgan fingerprint density at radius 1 is 1.00 bits per heavy atom. The minimum Gasteiger partial charge on any atom is -0.476 e. The van der Waals surface area contributed by atoms with Gasteiger partial charge in [-0.1, -0.05) is 48.5 Å². The van der Waals surface area contributed by atoms with E-state index < -0.39 is 12.1 Å². The van der Waals surface area contributed by atoms with Crippen molar-refractivity contribution in [1.29, 1.82) is 0 Å². The monoisotopic (exact) mass is 401 g/mol. The molecule has 7 heteroatoms. The molecule has 1 aromatic heterocycles. The summed E-state index contributed by atoms with van der Waals surface area (Å²) in [5, 5.41) is 19.6. The SMILES string of the molecule is O=C(Nc1cc(C(=O)O)nnc1C1CC1)OCC1c2ccccc2-c2ccccc21. The zero-order valence-electron chi connectivity index (χ0n) is 16.0. The van der Waals surface area contributed by atoms with Gasteiger partial charge in [0.1, 0.15) is 6.61 Å². The maximum Gasteiger partial charge on any atom is 0.411 e. The van der Waals surface area contributed by atoms with E-state index in [0.717, 1.165) is 35.1 Å². The average molecular weight is 401 g/mol. The van der Waals surface area contributed by atoms with Gasteiger partial charge in [0, 0.05) is 11.8 Å². The molecule has 1 amide bonds. The highest BCUT2D eigenvalue weighted by molar-refractivity contribution is 5.90. The summed E-state index contributed by atoms with van der Waals surface area (Å²) >= 11 is 0. The Balaban J connectivity index is 1.34. The summed E-state index contributed by atoms with van der Waals surface area (Å²) in [5.74, 6) is -1.04. The predicted octanol–water partition coefficient (Wildman–Crippen LogP) is 4.41. The molecule has 1 fully saturated rings. The smallest absolute Gasteiger partial charge is 0.411 e. The first-order valence-corrected chi connectivity index (χ1v) is 9.84. The highest BCUT2D eigenvalue weighted by atomic mass is 16.5. The number of rotatable bonds is 5. The van der Waals surface area contributed by atoms with E-state index in [9.17, 15) is 14.7 Å². The van der Waals surface area contributed by atoms with Gasteiger partial charge in [-0.15, -0.1) is 5.10 Å². The van der Waals surface area contributed by atoms with Crippen LogP contribution in [0.3, 0.4) is 0 Å². The highest BCUT2D eigenvalue weighted by Crippen LogP contribution is 2.45. The van der Waals surface area contributed by atoms with Crippen molar-refractivity contribution in [2.45, 2.75) is 24.7 Å². The molecule has 3 aromatic rings. The number of ether oxygens (including phenoxy) is 1. The predicted molar refractivity (Wildman–Crippen MR) is 110 cm³/mol. The molecule has 7 nitrogen and oxygen atoms in total. The number of anilines is 1. The fourth-order valence-electron chi connectivity index (χ4n) is 4.01. The average Bonchev–Trinajstić information content (AvgIpc) is 3.55. The molecular formula is C23H19N3O4. The van der Waals surface area contributed by atoms with E-state index in [0.29, 0.717) is 11.4 Å². The van der Waals surface area contributed by atoms with Crippen molar-refractivity contribution in [3.05, 3.63) is 77.1 Å². The number of aromatic nitrogens is 2. The largest absolute Gasteiger partial charge is 0.476 e. The van der Waals surface area contributed by atoms with Crippen LogP contribution in [-0.2, 0) is 4.74 Å². The summed E-state index contributed by atoms with van der Waals surface area (Å²) < 4.78 is 5.55. The van der Waals surface area contributed by atoms with Gasteiger partial charge in [-0.05, 0) is 41.2 Å². The third-order valence-corrected chi connectivity index (χ3v) is 5.59. The van der Waals surface area contributed by atoms with E-state index in [2.05, 4.69) is 39.8 Å². The number of carbonyl (C=O) groups excluding carboxylic acids is 1. The van der Waals surface area contributed by atoms with Gasteiger partial charge in [-0.3, -0.25) is 5.32 Å². The van der Waals surface area contributed by atoms with E-state index in [1.165, 1.54) is 6.07 Å². The van der Waals surface area contributed by atoms with Crippen molar-refractivity contribution in [3.63, 3.8) is 0 Å². The number of carboxylic acid groups (broad SMARTS) is 1. The zero-order valence-corrected chi connectivity index (χ0v) is 16.0. The number of carboxylic acids is 1. The Labute approximate surface area is 172 Å². The van der Waals surface area contributed by atoms with Crippen LogP contribution in [0, 0.1) is 0 Å². The van der Waals surface area contributed by atoms with E-state index in [1.54, 1.807) is 0 Å². The zero-order chi connectivity index (χ0) is 20.7. The maximum atomic E-state index is 12.5. The van der Waals surface area contributed by atoms with Crippen molar-refractivity contribution >= 4 is 17.7 Å². The van der Waals surface area contributed by atoms with Crippen molar-refractivity contribution in [1.82, 2.24) is 10.2 Å². The molecule has 2 N–H and O–H groups in total. The molecule has 1 saturated carbocycles. The van der Waals surface area contributed by atoms with Gasteiger partial charge in [0.15, 0.2) is 5.69 Å². The summed E-state index contributed by atoms with van der Waals surface area (Å²) in [6, 6.07) is 17.6. The number of fused-ring (bicyclic) bond motifs is 3. The van der Waals surface area contributed by atoms with E-state index in [4.69, 9.17) is 4.74 Å². The number of nitrogens with one attached hydrogen (secondary N) is 1. The van der Waals surface area contributed by atoms with Gasteiger partial charge in [-0.25, -0.2) is 9.59 Å². The van der Waals surface area contributed by atoms with E-state index in [1.807, 2.05) is 24.3 Å². The van der Waals surface area contributed by atoms with Crippen LogP contribution in [0.15, 0.2) is 54.6 Å². The standard InChI is InChI=1S/C23H19N3O4/c27-22(28)20-11-19(21(26-25-20)13-9-10-13)24-23(29)30-12-18-16-7-3-1-5-14(16)15-6-2-4-8-17(15)18/h1-8,11,13,18H,9-10,12H2,(H,27,28)(H,24,25,29). The molecule has 150 valence electrons. The molecule has 0 saturated heterocycles. The normalized spacial score (nSPS) is 14.7. The molecule has 1 heterocycles. The molecule has 2 aliphatic carbocycles. The number of hydrogen-bond donors (Lipinski definition) is 2. The summed E-state index contributed by atoms with van der Waals surface area (Å²) in [5.41, 5.74) is 5.31. The van der Waals surface area contributed by atoms with Crippen molar-refractivity contribution in [2.24, 2.45) is 0 Å². The first-order valence-electron chi connectivity index (χ1n) is 9.84. The number of nitrogens with zero attached hydrogens (tertiary/aromatic N) is 2. The molecule has 0 spiro atoms. The molecule has 2 aliphatic rings. The van der Waals surface area contributed by atoms with Gasteiger partial charge in [0.05, 0.1) is 11.4 Å². The lowest BCUT2D eigenvalue weighted by Crippen LogP contribution is -2.19. The van der Waals surface area contributed by atoms with Crippen LogP contribution < -0.4 is 5.32 Å². The van der Waals surface area contributed by atoms with Gasteiger partial charge in [0.2, 0.25) is 0 Å². The molecule has 5 rings (SSSR count). The Morgan fingerprint density at radius 3 is 2.23 bits per heavy atom. The maximum absolute atomic E-state index is 12.5. The highest BCUT2D eigenvalue weighted by Gasteiger charge is 2.31. The molecule has 0 bridgehead atoms. The van der Waals surface area contributed by atoms with Crippen LogP contribution in [0.1, 0.15) is 52.0 Å². The Bertz CT molecular complexity index is 1110. The third-order valence-electron chi connectivity index (χ3n) is 5.59. The quantitative estimate of drug-likeness (QED) is 0.657. The number of amides is 1. The summed E-state index contributed by atoms with van der Waals surface area (Å²) in [6.45, 7) is 0.183. The lowest BCUT2D eigenvalue weighted by molar-refractivity contribution is 0.0689. The summed E-state index contributed by atoms with van der Waals surface area (Å²) in [4.78, 5) is 23.8. The van der Waals surface area contributed by atoms with E-state index >= 15 is 0 Å². The van der Waals surface area contributed by atoms with Crippen LogP contribution in [0.2, 0.25) is 0 Å². The van der Waals surface area contributed by atoms with Gasteiger partial charge in [0.25, 0.3) is 0 Å². The minimum absolute atomic E-state index is 0.0452. The molecule has 30 heavy (non-hydrogen) atoms. The Morgan fingerprint density at radius 2 is 1.63 bits per heavy atom. The van der Waals surface area contributed by atoms with Crippen LogP contribution in [0.5, 0.6) is 0 Å². The second-order valence-electron chi connectivity index (χ2n) is 7.56. The lowest BCUT2D eigenvalue weighted by Gasteiger charge is -2.15. The molecule has 0 radical (unpaired) electrons. The lowest BCUT2D eigenvalue weighted by atomic mass is 9.98. The molecule has 0 aliphatic heterocycles. The van der Waals surface area contributed by atoms with Gasteiger partial charge < -0.3 is 9.84 Å². The number of carbonyl (C=O) groups is 2. The number of hydrogen-bond acceptors (Lipinski definition) is 5. The van der Waals surface area contributed by atoms with Gasteiger partial charge in [-0.2, -0.15) is 5.10 Å². The van der Waals surface area contributed by atoms with Gasteiger partial charge >= 0.3 is 12.1 Å². The van der Waals surface area contributed by atoms with E-state index in [-0.39, 0.29) is 24.1 Å². The number of aromatic carboxylic acids is 1. The Hall–Kier alpha value is -3.74. The minimum atomic E-state index is -1.19. The summed E-state index contributed by atoms with van der Waals surface area (Å²) in [7, 11) is 0. The molecule has 0 atom stereocenters. The van der Waals surface area contributed by atoms with Crippen LogP contribution >= 0.6 is 0 Å². The Kier molecular flexibility index (Phi) is 4.43. The second kappa shape index (κ2) is 7.26. The third kappa shape index (κ3) is 3.28. The summed E-state index contributed by atoms with van der Waals surface area (Å²) in [6.07, 6.45) is 1.25. The van der Waals surface area contributed by atoms with Crippen LogP contribution in [-0.4, -0.2) is 34.0 Å². The van der Waals surface area contributed by atoms with Crippen molar-refractivity contribution in [3.8, 4) is 11.1 Å². The van der Waals surface area contributed by atoms with Crippen LogP contribution in [0.4, 0.5) is 10.5 Å². The topological polar surface area (TPSA) is 101 Å². The first kappa shape index (κ1) is 18.3. The van der Waals surface area contributed by atoms with Crippen LogP contribution in [0.25, 0.3) is 11.1 Å². The fraction of sp³-hybridized carbons (Fsp3) is 0.217. The second-order valence-corrected chi connectivity index (χ2v) is 7.56.